The van der Waals surface area contributed by atoms with E-state index < -0.39 is 27.7 Å². The van der Waals surface area contributed by atoms with E-state index in [-0.39, 0.29) is 18.3 Å². The molecule has 3 heterocycles. The Morgan fingerprint density at radius 1 is 1.13 bits per heavy atom. The third kappa shape index (κ3) is 4.39. The van der Waals surface area contributed by atoms with E-state index >= 15 is 0 Å². The molecule has 3 aliphatic rings. The van der Waals surface area contributed by atoms with E-state index in [1.807, 2.05) is 18.2 Å². The fourth-order valence-corrected chi connectivity index (χ4v) is 5.98. The molecule has 0 saturated carbocycles. The molecule has 164 valence electrons. The SMILES string of the molecule is CCN(C(=O)C(=O)N1CCN(Cc2ccc3c(c2)OCO3)CC1)C1CCS(=O)(=O)C1. The Kier molecular flexibility index (Phi) is 5.88. The summed E-state index contributed by atoms with van der Waals surface area (Å²) in [6.45, 7) is 5.34. The minimum Gasteiger partial charge on any atom is -0.454 e. The van der Waals surface area contributed by atoms with Gasteiger partial charge in [-0.15, -0.1) is 0 Å². The van der Waals surface area contributed by atoms with Gasteiger partial charge in [0.2, 0.25) is 6.79 Å². The van der Waals surface area contributed by atoms with Crippen LogP contribution in [0.15, 0.2) is 18.2 Å². The highest BCUT2D eigenvalue weighted by molar-refractivity contribution is 7.91. The van der Waals surface area contributed by atoms with Crippen LogP contribution in [0.1, 0.15) is 18.9 Å². The van der Waals surface area contributed by atoms with Crippen LogP contribution in [0.25, 0.3) is 0 Å². The molecule has 4 rings (SSSR count). The summed E-state index contributed by atoms with van der Waals surface area (Å²) in [5, 5.41) is 0. The van der Waals surface area contributed by atoms with Crippen LogP contribution in [-0.4, -0.2) is 92.0 Å². The Balaban J connectivity index is 1.31. The minimum absolute atomic E-state index is 0.0524. The van der Waals surface area contributed by atoms with Crippen molar-refractivity contribution in [2.24, 2.45) is 0 Å². The maximum Gasteiger partial charge on any atom is 0.312 e. The molecule has 1 atom stereocenters. The van der Waals surface area contributed by atoms with Gasteiger partial charge in [0.25, 0.3) is 0 Å². The van der Waals surface area contributed by atoms with Crippen molar-refractivity contribution < 1.29 is 27.5 Å². The van der Waals surface area contributed by atoms with Crippen molar-refractivity contribution in [3.63, 3.8) is 0 Å². The van der Waals surface area contributed by atoms with Gasteiger partial charge >= 0.3 is 11.8 Å². The average Bonchev–Trinajstić information content (AvgIpc) is 3.34. The van der Waals surface area contributed by atoms with Crippen molar-refractivity contribution in [1.29, 1.82) is 0 Å². The number of fused-ring (bicyclic) bond motifs is 1. The Morgan fingerprint density at radius 2 is 1.87 bits per heavy atom. The molecule has 9 nitrogen and oxygen atoms in total. The molecule has 2 fully saturated rings. The molecule has 1 unspecified atom stereocenters. The second-order valence-electron chi connectivity index (χ2n) is 7.90. The van der Waals surface area contributed by atoms with Gasteiger partial charge in [-0.05, 0) is 31.0 Å². The smallest absolute Gasteiger partial charge is 0.312 e. The topological polar surface area (TPSA) is 96.5 Å². The van der Waals surface area contributed by atoms with Crippen molar-refractivity contribution in [3.8, 4) is 11.5 Å². The molecule has 0 N–H and O–H groups in total. The number of piperazine rings is 1. The van der Waals surface area contributed by atoms with E-state index in [0.29, 0.717) is 39.1 Å². The number of nitrogens with zero attached hydrogens (tertiary/aromatic N) is 3. The van der Waals surface area contributed by atoms with Crippen LogP contribution in [-0.2, 0) is 26.0 Å². The molecule has 0 spiro atoms. The van der Waals surface area contributed by atoms with Gasteiger partial charge in [0.05, 0.1) is 11.5 Å². The number of sulfone groups is 1. The third-order valence-electron chi connectivity index (χ3n) is 5.94. The predicted octanol–water partition coefficient (Wildman–Crippen LogP) is 0.0951. The Bertz CT molecular complexity index is 926. The number of likely N-dealkylation sites (N-methyl/N-ethyl adjacent to an activating group) is 1. The second-order valence-corrected chi connectivity index (χ2v) is 10.1. The first-order chi connectivity index (χ1) is 14.4. The lowest BCUT2D eigenvalue weighted by molar-refractivity contribution is -0.153. The summed E-state index contributed by atoms with van der Waals surface area (Å²) < 4.78 is 34.3. The molecule has 1 aromatic rings. The first-order valence-corrected chi connectivity index (χ1v) is 12.1. The van der Waals surface area contributed by atoms with E-state index in [4.69, 9.17) is 9.47 Å². The summed E-state index contributed by atoms with van der Waals surface area (Å²) in [4.78, 5) is 30.7. The normalized spacial score (nSPS) is 22.8. The standard InChI is InChI=1S/C20H27N3O6S/c1-2-23(16-5-10-30(26,27)13-16)20(25)19(24)22-8-6-21(7-9-22)12-15-3-4-17-18(11-15)29-14-28-17/h3-4,11,16H,2,5-10,12-14H2,1H3. The van der Waals surface area contributed by atoms with Gasteiger partial charge in [0.15, 0.2) is 21.3 Å². The van der Waals surface area contributed by atoms with Crippen LogP contribution in [0.2, 0.25) is 0 Å². The van der Waals surface area contributed by atoms with Gasteiger partial charge in [-0.1, -0.05) is 6.07 Å². The van der Waals surface area contributed by atoms with Crippen molar-refractivity contribution in [1.82, 2.24) is 14.7 Å². The van der Waals surface area contributed by atoms with Gasteiger partial charge in [-0.2, -0.15) is 0 Å². The highest BCUT2D eigenvalue weighted by Gasteiger charge is 2.37. The van der Waals surface area contributed by atoms with E-state index in [2.05, 4.69) is 4.90 Å². The molecular formula is C20H27N3O6S. The van der Waals surface area contributed by atoms with Gasteiger partial charge in [0.1, 0.15) is 0 Å². The van der Waals surface area contributed by atoms with Crippen LogP contribution in [0.5, 0.6) is 11.5 Å². The lowest BCUT2D eigenvalue weighted by atomic mass is 10.1. The zero-order chi connectivity index (χ0) is 21.3. The van der Waals surface area contributed by atoms with E-state index in [9.17, 15) is 18.0 Å². The summed E-state index contributed by atoms with van der Waals surface area (Å²) in [6.07, 6.45) is 0.401. The Morgan fingerprint density at radius 3 is 2.53 bits per heavy atom. The number of hydrogen-bond donors (Lipinski definition) is 0. The molecule has 0 bridgehead atoms. The zero-order valence-electron chi connectivity index (χ0n) is 17.1. The quantitative estimate of drug-likeness (QED) is 0.616. The highest BCUT2D eigenvalue weighted by Crippen LogP contribution is 2.32. The number of carbonyl (C=O) groups is 2. The molecule has 30 heavy (non-hydrogen) atoms. The van der Waals surface area contributed by atoms with Crippen LogP contribution in [0, 0.1) is 0 Å². The maximum atomic E-state index is 12.8. The summed E-state index contributed by atoms with van der Waals surface area (Å²) >= 11 is 0. The molecule has 3 aliphatic heterocycles. The Hall–Kier alpha value is -2.33. The van der Waals surface area contributed by atoms with Gasteiger partial charge in [0, 0.05) is 45.3 Å². The van der Waals surface area contributed by atoms with E-state index in [1.165, 1.54) is 4.90 Å². The molecule has 0 aromatic heterocycles. The molecule has 0 radical (unpaired) electrons. The number of carbonyl (C=O) groups excluding carboxylic acids is 2. The second kappa shape index (κ2) is 8.43. The molecule has 10 heteroatoms. The lowest BCUT2D eigenvalue weighted by Crippen LogP contribution is -2.54. The number of ether oxygens (including phenoxy) is 2. The van der Waals surface area contributed by atoms with Crippen LogP contribution >= 0.6 is 0 Å². The summed E-state index contributed by atoms with van der Waals surface area (Å²) in [6, 6.07) is 5.48. The van der Waals surface area contributed by atoms with Crippen LogP contribution in [0.3, 0.4) is 0 Å². The highest BCUT2D eigenvalue weighted by atomic mass is 32.2. The number of rotatable bonds is 4. The zero-order valence-corrected chi connectivity index (χ0v) is 17.9. The number of benzene rings is 1. The van der Waals surface area contributed by atoms with E-state index in [1.54, 1.807) is 11.8 Å². The molecular weight excluding hydrogens is 410 g/mol. The van der Waals surface area contributed by atoms with Crippen molar-refractivity contribution >= 4 is 21.7 Å². The predicted molar refractivity (Wildman–Crippen MR) is 109 cm³/mol. The van der Waals surface area contributed by atoms with Crippen molar-refractivity contribution in [2.45, 2.75) is 25.9 Å². The van der Waals surface area contributed by atoms with Gasteiger partial charge in [-0.25, -0.2) is 8.42 Å². The number of hydrogen-bond acceptors (Lipinski definition) is 7. The largest absolute Gasteiger partial charge is 0.454 e. The molecule has 1 aromatic carbocycles. The van der Waals surface area contributed by atoms with Gasteiger partial charge < -0.3 is 19.3 Å². The Labute approximate surface area is 176 Å². The summed E-state index contributed by atoms with van der Waals surface area (Å²) in [5.74, 6) is 0.397. The molecule has 2 amide bonds. The summed E-state index contributed by atoms with van der Waals surface area (Å²) in [5.41, 5.74) is 1.11. The lowest BCUT2D eigenvalue weighted by Gasteiger charge is -2.36. The molecule has 2 saturated heterocycles. The minimum atomic E-state index is -3.12. The van der Waals surface area contributed by atoms with Crippen LogP contribution < -0.4 is 9.47 Å². The third-order valence-corrected chi connectivity index (χ3v) is 7.69. The fraction of sp³-hybridized carbons (Fsp3) is 0.600. The van der Waals surface area contributed by atoms with Crippen molar-refractivity contribution in [2.75, 3.05) is 51.0 Å². The summed E-state index contributed by atoms with van der Waals surface area (Å²) in [7, 11) is -3.12. The van der Waals surface area contributed by atoms with E-state index in [0.717, 1.165) is 23.6 Å². The first-order valence-electron chi connectivity index (χ1n) is 10.3. The number of amides is 2. The van der Waals surface area contributed by atoms with Crippen molar-refractivity contribution in [3.05, 3.63) is 23.8 Å². The maximum absolute atomic E-state index is 12.8. The van der Waals surface area contributed by atoms with Crippen LogP contribution in [0.4, 0.5) is 0 Å². The fourth-order valence-electron chi connectivity index (χ4n) is 4.25. The van der Waals surface area contributed by atoms with Gasteiger partial charge in [-0.3, -0.25) is 14.5 Å². The average molecular weight is 438 g/mol. The monoisotopic (exact) mass is 437 g/mol. The molecule has 0 aliphatic carbocycles. The first kappa shape index (κ1) is 20.9.